The minimum atomic E-state index is -1.23. The van der Waals surface area contributed by atoms with Crippen LogP contribution in [-0.4, -0.2) is 17.7 Å². The molecular formula is C12H17NO4. The second-order valence-corrected chi connectivity index (χ2v) is 5.08. The third kappa shape index (κ3) is 3.19. The fraction of sp³-hybridized carbons (Fsp3) is 0.750. The Morgan fingerprint density at radius 3 is 2.12 bits per heavy atom. The van der Waals surface area contributed by atoms with Crippen molar-refractivity contribution in [1.29, 1.82) is 5.26 Å². The summed E-state index contributed by atoms with van der Waals surface area (Å²) in [4.78, 5) is 23.5. The molecule has 1 heterocycles. The van der Waals surface area contributed by atoms with Crippen molar-refractivity contribution in [2.45, 2.75) is 39.9 Å². The molecule has 1 rings (SSSR count). The second-order valence-electron chi connectivity index (χ2n) is 5.08. The number of cyclic esters (lactones) is 2. The van der Waals surface area contributed by atoms with E-state index in [2.05, 4.69) is 0 Å². The van der Waals surface area contributed by atoms with Crippen molar-refractivity contribution < 1.29 is 19.1 Å². The molecule has 0 N–H and O–H groups in total. The van der Waals surface area contributed by atoms with Crippen molar-refractivity contribution >= 4 is 11.9 Å². The first-order chi connectivity index (χ1) is 7.76. The van der Waals surface area contributed by atoms with Crippen molar-refractivity contribution in [3.8, 4) is 6.07 Å². The largest absolute Gasteiger partial charge is 0.422 e. The summed E-state index contributed by atoms with van der Waals surface area (Å²) in [5, 5.41) is 9.03. The first kappa shape index (κ1) is 13.5. The van der Waals surface area contributed by atoms with Gasteiger partial charge in [-0.3, -0.25) is 9.59 Å². The Morgan fingerprint density at radius 1 is 1.29 bits per heavy atom. The maximum atomic E-state index is 11.7. The molecule has 0 radical (unpaired) electrons. The van der Waals surface area contributed by atoms with Crippen LogP contribution in [0.2, 0.25) is 0 Å². The van der Waals surface area contributed by atoms with E-state index in [1.807, 2.05) is 19.9 Å². The minimum Gasteiger partial charge on any atom is -0.422 e. The Balaban J connectivity index is 2.87. The smallest absolute Gasteiger partial charge is 0.324 e. The molecule has 0 amide bonds. The van der Waals surface area contributed by atoms with Crippen LogP contribution in [0.4, 0.5) is 0 Å². The summed E-state index contributed by atoms with van der Waals surface area (Å²) in [7, 11) is 0. The van der Waals surface area contributed by atoms with Gasteiger partial charge in [-0.2, -0.15) is 5.26 Å². The van der Waals surface area contributed by atoms with Gasteiger partial charge in [0.05, 0.1) is 12.0 Å². The molecule has 0 aromatic carbocycles. The summed E-state index contributed by atoms with van der Waals surface area (Å²) in [6, 6.07) is 1.99. The summed E-state index contributed by atoms with van der Waals surface area (Å²) in [6.45, 7) is 6.83. The second kappa shape index (κ2) is 4.74. The number of rotatable bonds is 3. The average Bonchev–Trinajstić information content (AvgIpc) is 2.12. The highest BCUT2D eigenvalue weighted by atomic mass is 16.7. The van der Waals surface area contributed by atoms with Gasteiger partial charge >= 0.3 is 11.9 Å². The lowest BCUT2D eigenvalue weighted by atomic mass is 9.86. The third-order valence-electron chi connectivity index (χ3n) is 2.49. The van der Waals surface area contributed by atoms with Gasteiger partial charge in [-0.25, -0.2) is 0 Å². The number of hydrogen-bond donors (Lipinski definition) is 0. The highest BCUT2D eigenvalue weighted by Gasteiger charge is 2.47. The molecule has 5 nitrogen and oxygen atoms in total. The van der Waals surface area contributed by atoms with Crippen LogP contribution in [0, 0.1) is 29.1 Å². The molecule has 0 aliphatic carbocycles. The van der Waals surface area contributed by atoms with Crippen molar-refractivity contribution in [2.75, 3.05) is 0 Å². The van der Waals surface area contributed by atoms with E-state index in [9.17, 15) is 9.59 Å². The normalized spacial score (nSPS) is 21.6. The van der Waals surface area contributed by atoms with Gasteiger partial charge in [0.1, 0.15) is 0 Å². The maximum Gasteiger partial charge on any atom is 0.324 e. The topological polar surface area (TPSA) is 76.4 Å². The number of carbonyl (C=O) groups excluding carboxylic acids is 2. The SMILES string of the molecule is CC(C)CC(C#N)C1C(=O)OC(C)(C)OC1=O. The lowest BCUT2D eigenvalue weighted by Crippen LogP contribution is -2.48. The zero-order valence-electron chi connectivity index (χ0n) is 10.5. The molecule has 5 heteroatoms. The van der Waals surface area contributed by atoms with Crippen LogP contribution in [0.3, 0.4) is 0 Å². The minimum absolute atomic E-state index is 0.218. The lowest BCUT2D eigenvalue weighted by molar-refractivity contribution is -0.241. The summed E-state index contributed by atoms with van der Waals surface area (Å²) in [6.07, 6.45) is 0.464. The van der Waals surface area contributed by atoms with E-state index >= 15 is 0 Å². The number of carbonyl (C=O) groups is 2. The summed E-state index contributed by atoms with van der Waals surface area (Å²) in [5.74, 6) is -4.16. The molecule has 0 saturated carbocycles. The molecule has 1 fully saturated rings. The quantitative estimate of drug-likeness (QED) is 0.552. The highest BCUT2D eigenvalue weighted by Crippen LogP contribution is 2.30. The predicted octanol–water partition coefficient (Wildman–Crippen LogP) is 1.62. The van der Waals surface area contributed by atoms with Crippen LogP contribution < -0.4 is 0 Å². The van der Waals surface area contributed by atoms with Crippen molar-refractivity contribution in [3.63, 3.8) is 0 Å². The Labute approximate surface area is 101 Å². The van der Waals surface area contributed by atoms with E-state index in [-0.39, 0.29) is 5.92 Å². The van der Waals surface area contributed by atoms with Crippen LogP contribution in [0.5, 0.6) is 0 Å². The van der Waals surface area contributed by atoms with Crippen LogP contribution in [0.25, 0.3) is 0 Å². The number of esters is 2. The van der Waals surface area contributed by atoms with Gasteiger partial charge in [-0.1, -0.05) is 13.8 Å². The first-order valence-electron chi connectivity index (χ1n) is 5.62. The van der Waals surface area contributed by atoms with Crippen molar-refractivity contribution in [2.24, 2.45) is 17.8 Å². The van der Waals surface area contributed by atoms with E-state index in [0.717, 1.165) is 0 Å². The zero-order chi connectivity index (χ0) is 13.2. The Morgan fingerprint density at radius 2 is 1.76 bits per heavy atom. The monoisotopic (exact) mass is 239 g/mol. The van der Waals surface area contributed by atoms with Gasteiger partial charge in [-0.05, 0) is 12.3 Å². The molecule has 1 unspecified atom stereocenters. The first-order valence-corrected chi connectivity index (χ1v) is 5.62. The summed E-state index contributed by atoms with van der Waals surface area (Å²) < 4.78 is 9.98. The molecule has 1 atom stereocenters. The van der Waals surface area contributed by atoms with E-state index < -0.39 is 29.6 Å². The number of nitrogens with zero attached hydrogens (tertiary/aromatic N) is 1. The van der Waals surface area contributed by atoms with Crippen LogP contribution >= 0.6 is 0 Å². The Kier molecular flexibility index (Phi) is 3.76. The molecule has 1 aliphatic rings. The summed E-state index contributed by atoms with van der Waals surface area (Å²) >= 11 is 0. The van der Waals surface area contributed by atoms with Crippen LogP contribution in [0.1, 0.15) is 34.1 Å². The maximum absolute atomic E-state index is 11.7. The van der Waals surface area contributed by atoms with E-state index in [1.54, 1.807) is 0 Å². The Hall–Kier alpha value is -1.57. The Bertz CT molecular complexity index is 347. The molecule has 0 bridgehead atoms. The van der Waals surface area contributed by atoms with E-state index in [1.165, 1.54) is 13.8 Å². The zero-order valence-corrected chi connectivity index (χ0v) is 10.5. The average molecular weight is 239 g/mol. The van der Waals surface area contributed by atoms with Gasteiger partial charge in [0.2, 0.25) is 0 Å². The molecular weight excluding hydrogens is 222 g/mol. The molecule has 17 heavy (non-hydrogen) atoms. The molecule has 0 aromatic rings. The lowest BCUT2D eigenvalue weighted by Gasteiger charge is -2.34. The fourth-order valence-electron chi connectivity index (χ4n) is 1.83. The highest BCUT2D eigenvalue weighted by molar-refractivity contribution is 5.97. The van der Waals surface area contributed by atoms with E-state index in [0.29, 0.717) is 6.42 Å². The fourth-order valence-corrected chi connectivity index (χ4v) is 1.83. The van der Waals surface area contributed by atoms with Gasteiger partial charge in [0, 0.05) is 13.8 Å². The summed E-state index contributed by atoms with van der Waals surface area (Å²) in [5.41, 5.74) is 0. The number of nitriles is 1. The molecule has 0 aromatic heterocycles. The number of hydrogen-bond acceptors (Lipinski definition) is 5. The van der Waals surface area contributed by atoms with Gasteiger partial charge < -0.3 is 9.47 Å². The van der Waals surface area contributed by atoms with Crippen LogP contribution in [-0.2, 0) is 19.1 Å². The molecule has 1 aliphatic heterocycles. The molecule has 94 valence electrons. The van der Waals surface area contributed by atoms with Crippen molar-refractivity contribution in [1.82, 2.24) is 0 Å². The van der Waals surface area contributed by atoms with Gasteiger partial charge in [0.15, 0.2) is 5.92 Å². The van der Waals surface area contributed by atoms with Gasteiger partial charge in [-0.15, -0.1) is 0 Å². The molecule has 0 spiro atoms. The van der Waals surface area contributed by atoms with E-state index in [4.69, 9.17) is 14.7 Å². The third-order valence-corrected chi connectivity index (χ3v) is 2.49. The van der Waals surface area contributed by atoms with Crippen molar-refractivity contribution in [3.05, 3.63) is 0 Å². The predicted molar refractivity (Wildman–Crippen MR) is 58.3 cm³/mol. The molecule has 1 saturated heterocycles. The van der Waals surface area contributed by atoms with Gasteiger partial charge in [0.25, 0.3) is 5.79 Å². The van der Waals surface area contributed by atoms with Crippen LogP contribution in [0.15, 0.2) is 0 Å². The number of ether oxygens (including phenoxy) is 2. The standard InChI is InChI=1S/C12H17NO4/c1-7(2)5-8(6-13)9-10(14)16-12(3,4)17-11(9)15/h7-9H,5H2,1-4H3.